The molecular formula is C24H33N5O4S. The number of carbonyl (C=O) groups is 2. The number of carbonyl (C=O) groups excluding carboxylic acids is 2. The van der Waals surface area contributed by atoms with Gasteiger partial charge in [0, 0.05) is 24.5 Å². The molecule has 2 aromatic rings. The summed E-state index contributed by atoms with van der Waals surface area (Å²) in [7, 11) is -0.275. The lowest BCUT2D eigenvalue weighted by molar-refractivity contribution is -0.119. The number of hydrogen-bond donors (Lipinski definition) is 2. The molecule has 184 valence electrons. The van der Waals surface area contributed by atoms with E-state index in [4.69, 9.17) is 0 Å². The molecule has 1 fully saturated rings. The predicted molar refractivity (Wildman–Crippen MR) is 132 cm³/mol. The van der Waals surface area contributed by atoms with Crippen LogP contribution in [0.4, 0.5) is 11.5 Å². The summed E-state index contributed by atoms with van der Waals surface area (Å²) >= 11 is 0. The van der Waals surface area contributed by atoms with Gasteiger partial charge in [0.25, 0.3) is 0 Å². The third-order valence-electron chi connectivity index (χ3n) is 5.89. The van der Waals surface area contributed by atoms with Gasteiger partial charge in [0.2, 0.25) is 21.8 Å². The molecular weight excluding hydrogens is 454 g/mol. The van der Waals surface area contributed by atoms with E-state index >= 15 is 0 Å². The van der Waals surface area contributed by atoms with Crippen LogP contribution in [0, 0.1) is 6.92 Å². The van der Waals surface area contributed by atoms with Gasteiger partial charge in [0.05, 0.1) is 18.0 Å². The zero-order chi connectivity index (χ0) is 24.7. The minimum Gasteiger partial charge on any atom is -0.325 e. The summed E-state index contributed by atoms with van der Waals surface area (Å²) in [6.07, 6.45) is 5.03. The molecule has 0 atom stereocenters. The average Bonchev–Trinajstić information content (AvgIpc) is 2.79. The first-order chi connectivity index (χ1) is 16.1. The Hall–Kier alpha value is -2.82. The quantitative estimate of drug-likeness (QED) is 0.563. The van der Waals surface area contributed by atoms with Crippen LogP contribution in [-0.2, 0) is 19.6 Å². The highest BCUT2D eigenvalue weighted by Gasteiger charge is 2.29. The van der Waals surface area contributed by atoms with E-state index in [2.05, 4.69) is 15.6 Å². The first kappa shape index (κ1) is 25.8. The minimum absolute atomic E-state index is 0.000859. The van der Waals surface area contributed by atoms with Crippen molar-refractivity contribution in [3.05, 3.63) is 48.2 Å². The van der Waals surface area contributed by atoms with Crippen LogP contribution in [-0.4, -0.2) is 67.6 Å². The Morgan fingerprint density at radius 3 is 2.18 bits per heavy atom. The summed E-state index contributed by atoms with van der Waals surface area (Å²) in [5.41, 5.74) is 1.29. The third-order valence-corrected chi connectivity index (χ3v) is 7.81. The molecule has 9 nitrogen and oxygen atoms in total. The molecule has 0 spiro atoms. The van der Waals surface area contributed by atoms with Crippen LogP contribution in [0.25, 0.3) is 0 Å². The lowest BCUT2D eigenvalue weighted by Gasteiger charge is -2.30. The number of nitrogens with zero attached hydrogens (tertiary/aromatic N) is 3. The predicted octanol–water partition coefficient (Wildman–Crippen LogP) is 2.85. The molecule has 2 N–H and O–H groups in total. The molecule has 3 rings (SSSR count). The molecule has 0 unspecified atom stereocenters. The van der Waals surface area contributed by atoms with Crippen LogP contribution < -0.4 is 10.6 Å². The third kappa shape index (κ3) is 7.09. The van der Waals surface area contributed by atoms with Crippen molar-refractivity contribution in [2.45, 2.75) is 50.0 Å². The highest BCUT2D eigenvalue weighted by Crippen LogP contribution is 2.27. The Morgan fingerprint density at radius 2 is 1.56 bits per heavy atom. The van der Waals surface area contributed by atoms with Gasteiger partial charge in [-0.05, 0) is 63.2 Å². The SMILES string of the molecule is Cc1cccc(NC(=O)CN(C)CC(=O)Nc2ccc(S(=O)(=O)N(C)C3CCCCC3)cc2)n1. The average molecular weight is 488 g/mol. The van der Waals surface area contributed by atoms with Gasteiger partial charge in [-0.1, -0.05) is 25.3 Å². The molecule has 1 aromatic carbocycles. The standard InChI is InChI=1S/C24H33N5O4S/c1-18-8-7-11-22(25-18)27-24(31)17-28(2)16-23(30)26-19-12-14-21(15-13-19)34(32,33)29(3)20-9-5-4-6-10-20/h7-8,11-15,20H,4-6,9-10,16-17H2,1-3H3,(H,26,30)(H,25,27,31). The topological polar surface area (TPSA) is 112 Å². The molecule has 0 aliphatic heterocycles. The summed E-state index contributed by atoms with van der Waals surface area (Å²) in [4.78, 5) is 30.6. The second kappa shape index (κ2) is 11.5. The second-order valence-corrected chi connectivity index (χ2v) is 10.8. The number of hydrogen-bond acceptors (Lipinski definition) is 6. The van der Waals surface area contributed by atoms with Crippen molar-refractivity contribution < 1.29 is 18.0 Å². The largest absolute Gasteiger partial charge is 0.325 e. The molecule has 1 aliphatic rings. The molecule has 0 radical (unpaired) electrons. The second-order valence-electron chi connectivity index (χ2n) is 8.77. The fraction of sp³-hybridized carbons (Fsp3) is 0.458. The summed E-state index contributed by atoms with van der Waals surface area (Å²) in [5, 5.41) is 5.45. The number of rotatable bonds is 9. The van der Waals surface area contributed by atoms with Gasteiger partial charge in [0.15, 0.2) is 0 Å². The van der Waals surface area contributed by atoms with Crippen molar-refractivity contribution in [1.82, 2.24) is 14.2 Å². The number of amides is 2. The molecule has 34 heavy (non-hydrogen) atoms. The van der Waals surface area contributed by atoms with Gasteiger partial charge in [-0.2, -0.15) is 4.31 Å². The smallest absolute Gasteiger partial charge is 0.243 e. The van der Waals surface area contributed by atoms with Crippen molar-refractivity contribution in [3.8, 4) is 0 Å². The van der Waals surface area contributed by atoms with E-state index in [1.807, 2.05) is 13.0 Å². The molecule has 10 heteroatoms. The molecule has 1 aromatic heterocycles. The number of sulfonamides is 1. The Kier molecular flexibility index (Phi) is 8.76. The summed E-state index contributed by atoms with van der Waals surface area (Å²) in [6, 6.07) is 11.6. The molecule has 2 amide bonds. The van der Waals surface area contributed by atoms with E-state index in [1.54, 1.807) is 43.3 Å². The number of anilines is 2. The van der Waals surface area contributed by atoms with Crippen LogP contribution in [0.15, 0.2) is 47.4 Å². The zero-order valence-electron chi connectivity index (χ0n) is 20.0. The van der Waals surface area contributed by atoms with E-state index < -0.39 is 10.0 Å². The highest BCUT2D eigenvalue weighted by atomic mass is 32.2. The van der Waals surface area contributed by atoms with Crippen molar-refractivity contribution in [2.75, 3.05) is 37.8 Å². The Bertz CT molecular complexity index is 1100. The molecule has 0 bridgehead atoms. The Balaban J connectivity index is 1.50. The van der Waals surface area contributed by atoms with Gasteiger partial charge in [0.1, 0.15) is 5.82 Å². The highest BCUT2D eigenvalue weighted by molar-refractivity contribution is 7.89. The number of pyridine rings is 1. The lowest BCUT2D eigenvalue weighted by atomic mass is 9.96. The monoisotopic (exact) mass is 487 g/mol. The van der Waals surface area contributed by atoms with Crippen molar-refractivity contribution in [1.29, 1.82) is 0 Å². The molecule has 1 saturated carbocycles. The van der Waals surface area contributed by atoms with Gasteiger partial charge < -0.3 is 10.6 Å². The zero-order valence-corrected chi connectivity index (χ0v) is 20.8. The summed E-state index contributed by atoms with van der Waals surface area (Å²) < 4.78 is 27.4. The maximum atomic E-state index is 13.0. The van der Waals surface area contributed by atoms with E-state index in [-0.39, 0.29) is 35.8 Å². The van der Waals surface area contributed by atoms with Crippen molar-refractivity contribution in [3.63, 3.8) is 0 Å². The van der Waals surface area contributed by atoms with E-state index in [0.29, 0.717) is 11.5 Å². The van der Waals surface area contributed by atoms with E-state index in [1.165, 1.54) is 16.4 Å². The van der Waals surface area contributed by atoms with Crippen LogP contribution in [0.1, 0.15) is 37.8 Å². The van der Waals surface area contributed by atoms with Crippen molar-refractivity contribution in [2.24, 2.45) is 0 Å². The number of likely N-dealkylation sites (N-methyl/N-ethyl adjacent to an activating group) is 1. The van der Waals surface area contributed by atoms with Crippen LogP contribution in [0.5, 0.6) is 0 Å². The van der Waals surface area contributed by atoms with Crippen LogP contribution in [0.2, 0.25) is 0 Å². The maximum Gasteiger partial charge on any atom is 0.243 e. The lowest BCUT2D eigenvalue weighted by Crippen LogP contribution is -2.38. The number of aryl methyl sites for hydroxylation is 1. The first-order valence-corrected chi connectivity index (χ1v) is 12.9. The minimum atomic E-state index is -3.58. The Morgan fingerprint density at radius 1 is 0.941 bits per heavy atom. The van der Waals surface area contributed by atoms with Gasteiger partial charge >= 0.3 is 0 Å². The van der Waals surface area contributed by atoms with E-state index in [0.717, 1.165) is 37.8 Å². The van der Waals surface area contributed by atoms with E-state index in [9.17, 15) is 18.0 Å². The van der Waals surface area contributed by atoms with Crippen LogP contribution in [0.3, 0.4) is 0 Å². The summed E-state index contributed by atoms with van der Waals surface area (Å²) in [6.45, 7) is 1.86. The van der Waals surface area contributed by atoms with Crippen molar-refractivity contribution >= 4 is 33.3 Å². The fourth-order valence-electron chi connectivity index (χ4n) is 4.06. The molecule has 0 saturated heterocycles. The number of aromatic nitrogens is 1. The van der Waals surface area contributed by atoms with Gasteiger partial charge in [-0.3, -0.25) is 14.5 Å². The van der Waals surface area contributed by atoms with Gasteiger partial charge in [-0.15, -0.1) is 0 Å². The normalized spacial score (nSPS) is 14.9. The maximum absolute atomic E-state index is 13.0. The first-order valence-electron chi connectivity index (χ1n) is 11.4. The number of nitrogens with one attached hydrogen (secondary N) is 2. The summed E-state index contributed by atoms with van der Waals surface area (Å²) in [5.74, 6) is -0.115. The molecule has 1 aliphatic carbocycles. The van der Waals surface area contributed by atoms with Gasteiger partial charge in [-0.25, -0.2) is 13.4 Å². The van der Waals surface area contributed by atoms with Crippen LogP contribution >= 0.6 is 0 Å². The molecule has 1 heterocycles. The number of benzene rings is 1. The Labute approximate surface area is 201 Å². The fourth-order valence-corrected chi connectivity index (χ4v) is 5.48.